The lowest BCUT2D eigenvalue weighted by atomic mass is 10.1. The first-order chi connectivity index (χ1) is 8.63. The zero-order valence-electron chi connectivity index (χ0n) is 11.8. The van der Waals surface area contributed by atoms with E-state index in [1.54, 1.807) is 7.11 Å². The maximum Gasteiger partial charge on any atom is 0.128 e. The van der Waals surface area contributed by atoms with Crippen molar-refractivity contribution in [3.8, 4) is 5.75 Å². The topological polar surface area (TPSA) is 25.4 Å². The minimum Gasteiger partial charge on any atom is -0.496 e. The fourth-order valence-corrected chi connectivity index (χ4v) is 2.33. The van der Waals surface area contributed by atoms with Gasteiger partial charge in [-0.25, -0.2) is 0 Å². The monoisotopic (exact) mass is 314 g/mol. The van der Waals surface area contributed by atoms with Crippen molar-refractivity contribution in [1.29, 1.82) is 0 Å². The summed E-state index contributed by atoms with van der Waals surface area (Å²) in [5.41, 5.74) is 3.38. The Kier molecular flexibility index (Phi) is 6.65. The van der Waals surface area contributed by atoms with Gasteiger partial charge in [0, 0.05) is 29.2 Å². The molecular formula is C14H23BrN2O. The zero-order chi connectivity index (χ0) is 13.5. The van der Waals surface area contributed by atoms with Gasteiger partial charge < -0.3 is 4.74 Å². The molecule has 0 spiro atoms. The van der Waals surface area contributed by atoms with E-state index in [9.17, 15) is 0 Å². The molecule has 1 aromatic rings. The predicted octanol–water partition coefficient (Wildman–Crippen LogP) is 3.31. The summed E-state index contributed by atoms with van der Waals surface area (Å²) in [6.45, 7) is 9.35. The number of aromatic nitrogens is 1. The first-order valence-corrected chi connectivity index (χ1v) is 7.53. The van der Waals surface area contributed by atoms with Gasteiger partial charge in [0.25, 0.3) is 0 Å². The fraction of sp³-hybridized carbons (Fsp3) is 0.643. The summed E-state index contributed by atoms with van der Waals surface area (Å²) in [7, 11) is 1.72. The number of nitrogens with zero attached hydrogens (tertiary/aromatic N) is 2. The van der Waals surface area contributed by atoms with Crippen LogP contribution < -0.4 is 4.74 Å². The maximum absolute atomic E-state index is 5.45. The van der Waals surface area contributed by atoms with Gasteiger partial charge in [-0.3, -0.25) is 9.88 Å². The average molecular weight is 315 g/mol. The molecule has 0 fully saturated rings. The Balaban J connectivity index is 2.83. The molecule has 0 aliphatic carbocycles. The molecular weight excluding hydrogens is 292 g/mol. The van der Waals surface area contributed by atoms with Crippen LogP contribution in [0, 0.1) is 13.8 Å². The molecule has 1 rings (SSSR count). The molecule has 0 aliphatic rings. The lowest BCUT2D eigenvalue weighted by Crippen LogP contribution is -2.25. The van der Waals surface area contributed by atoms with Crippen molar-refractivity contribution in [2.24, 2.45) is 0 Å². The third-order valence-corrected chi connectivity index (χ3v) is 3.74. The van der Waals surface area contributed by atoms with E-state index in [2.05, 4.69) is 39.7 Å². The van der Waals surface area contributed by atoms with E-state index in [1.807, 2.05) is 13.1 Å². The van der Waals surface area contributed by atoms with Crippen LogP contribution in [0.15, 0.2) is 6.20 Å². The van der Waals surface area contributed by atoms with E-state index in [0.717, 1.165) is 54.0 Å². The molecule has 0 aliphatic heterocycles. The van der Waals surface area contributed by atoms with Gasteiger partial charge in [0.2, 0.25) is 0 Å². The van der Waals surface area contributed by atoms with Crippen molar-refractivity contribution in [2.45, 2.75) is 33.7 Å². The molecule has 0 unspecified atom stereocenters. The van der Waals surface area contributed by atoms with Gasteiger partial charge >= 0.3 is 0 Å². The normalized spacial score (nSPS) is 11.0. The molecule has 0 atom stereocenters. The summed E-state index contributed by atoms with van der Waals surface area (Å²) in [6.07, 6.45) is 3.06. The molecule has 0 aromatic carbocycles. The second-order valence-electron chi connectivity index (χ2n) is 4.46. The number of aryl methyl sites for hydroxylation is 1. The molecule has 102 valence electrons. The molecule has 0 radical (unpaired) electrons. The first-order valence-electron chi connectivity index (χ1n) is 6.41. The van der Waals surface area contributed by atoms with Crippen LogP contribution in [0.1, 0.15) is 30.2 Å². The maximum atomic E-state index is 5.45. The minimum atomic E-state index is 0.895. The van der Waals surface area contributed by atoms with Gasteiger partial charge in [-0.2, -0.15) is 0 Å². The van der Waals surface area contributed by atoms with E-state index >= 15 is 0 Å². The van der Waals surface area contributed by atoms with Crippen molar-refractivity contribution in [1.82, 2.24) is 9.88 Å². The van der Waals surface area contributed by atoms with Crippen molar-refractivity contribution >= 4 is 15.9 Å². The van der Waals surface area contributed by atoms with Crippen molar-refractivity contribution < 1.29 is 4.74 Å². The van der Waals surface area contributed by atoms with E-state index in [0.29, 0.717) is 0 Å². The molecule has 0 bridgehead atoms. The van der Waals surface area contributed by atoms with Crippen molar-refractivity contribution in [3.63, 3.8) is 0 Å². The Morgan fingerprint density at radius 3 is 2.67 bits per heavy atom. The molecule has 3 nitrogen and oxygen atoms in total. The smallest absolute Gasteiger partial charge is 0.128 e. The number of pyridine rings is 1. The van der Waals surface area contributed by atoms with Crippen molar-refractivity contribution in [3.05, 3.63) is 23.0 Å². The number of ether oxygens (including phenoxy) is 1. The number of halogens is 1. The summed E-state index contributed by atoms with van der Waals surface area (Å²) in [6, 6.07) is 0. The SMILES string of the molecule is CCN(CCCBr)Cc1ncc(C)c(OC)c1C. The van der Waals surface area contributed by atoms with Gasteiger partial charge in [0.15, 0.2) is 0 Å². The third kappa shape index (κ3) is 3.95. The molecule has 0 saturated heterocycles. The standard InChI is InChI=1S/C14H23BrN2O/c1-5-17(8-6-7-15)10-13-12(3)14(18-4)11(2)9-16-13/h9H,5-8,10H2,1-4H3. The number of hydrogen-bond donors (Lipinski definition) is 0. The van der Waals surface area contributed by atoms with Crippen LogP contribution in [0.4, 0.5) is 0 Å². The third-order valence-electron chi connectivity index (χ3n) is 3.18. The van der Waals surface area contributed by atoms with Crippen LogP contribution in [-0.4, -0.2) is 35.4 Å². The second-order valence-corrected chi connectivity index (χ2v) is 5.25. The van der Waals surface area contributed by atoms with Gasteiger partial charge in [0.1, 0.15) is 5.75 Å². The van der Waals surface area contributed by atoms with Crippen LogP contribution in [0.25, 0.3) is 0 Å². The van der Waals surface area contributed by atoms with E-state index in [4.69, 9.17) is 4.74 Å². The summed E-state index contributed by atoms with van der Waals surface area (Å²) >= 11 is 3.48. The van der Waals surface area contributed by atoms with Crippen LogP contribution >= 0.6 is 15.9 Å². The lowest BCUT2D eigenvalue weighted by Gasteiger charge is -2.21. The van der Waals surface area contributed by atoms with E-state index in [1.165, 1.54) is 0 Å². The first kappa shape index (κ1) is 15.4. The zero-order valence-corrected chi connectivity index (χ0v) is 13.4. The highest BCUT2D eigenvalue weighted by molar-refractivity contribution is 9.09. The molecule has 1 heterocycles. The molecule has 0 saturated carbocycles. The molecule has 4 heteroatoms. The minimum absolute atomic E-state index is 0.895. The van der Waals surface area contributed by atoms with Gasteiger partial charge in [0.05, 0.1) is 12.8 Å². The Bertz CT molecular complexity index is 382. The van der Waals surface area contributed by atoms with Crippen molar-refractivity contribution in [2.75, 3.05) is 25.5 Å². The second kappa shape index (κ2) is 7.74. The number of alkyl halides is 1. The molecule has 1 aromatic heterocycles. The summed E-state index contributed by atoms with van der Waals surface area (Å²) < 4.78 is 5.45. The highest BCUT2D eigenvalue weighted by Crippen LogP contribution is 2.24. The summed E-state index contributed by atoms with van der Waals surface area (Å²) in [4.78, 5) is 6.96. The largest absolute Gasteiger partial charge is 0.496 e. The number of hydrogen-bond acceptors (Lipinski definition) is 3. The van der Waals surface area contributed by atoms with Crippen LogP contribution in [0.5, 0.6) is 5.75 Å². The number of rotatable bonds is 7. The molecule has 0 N–H and O–H groups in total. The highest BCUT2D eigenvalue weighted by Gasteiger charge is 2.12. The Hall–Kier alpha value is -0.610. The summed E-state index contributed by atoms with van der Waals surface area (Å²) in [5, 5.41) is 1.05. The van der Waals surface area contributed by atoms with Gasteiger partial charge in [-0.05, 0) is 33.4 Å². The van der Waals surface area contributed by atoms with Gasteiger partial charge in [-0.1, -0.05) is 22.9 Å². The quantitative estimate of drug-likeness (QED) is 0.722. The van der Waals surface area contributed by atoms with Crippen LogP contribution in [0.3, 0.4) is 0 Å². The highest BCUT2D eigenvalue weighted by atomic mass is 79.9. The Labute approximate surface area is 119 Å². The Morgan fingerprint density at radius 2 is 2.11 bits per heavy atom. The molecule has 18 heavy (non-hydrogen) atoms. The lowest BCUT2D eigenvalue weighted by molar-refractivity contribution is 0.277. The van der Waals surface area contributed by atoms with E-state index < -0.39 is 0 Å². The van der Waals surface area contributed by atoms with Crippen LogP contribution in [-0.2, 0) is 6.54 Å². The van der Waals surface area contributed by atoms with Gasteiger partial charge in [-0.15, -0.1) is 0 Å². The van der Waals surface area contributed by atoms with E-state index in [-0.39, 0.29) is 0 Å². The Morgan fingerprint density at radius 1 is 1.39 bits per heavy atom. The van der Waals surface area contributed by atoms with Crippen LogP contribution in [0.2, 0.25) is 0 Å². The summed E-state index contributed by atoms with van der Waals surface area (Å²) in [5.74, 6) is 0.969. The number of methoxy groups -OCH3 is 1. The molecule has 0 amide bonds. The average Bonchev–Trinajstić information content (AvgIpc) is 2.37. The predicted molar refractivity (Wildman–Crippen MR) is 79.6 cm³/mol. The fourth-order valence-electron chi connectivity index (χ4n) is 2.07.